The molecule has 0 aliphatic heterocycles. The highest BCUT2D eigenvalue weighted by atomic mass is 32.1. The van der Waals surface area contributed by atoms with Crippen molar-refractivity contribution in [2.75, 3.05) is 5.73 Å². The maximum atomic E-state index is 5.47. The maximum Gasteiger partial charge on any atom is 0.165 e. The van der Waals surface area contributed by atoms with Crippen LogP contribution in [0.25, 0.3) is 10.3 Å². The van der Waals surface area contributed by atoms with Crippen molar-refractivity contribution in [3.8, 4) is 0 Å². The molecule has 10 heavy (non-hydrogen) atoms. The lowest BCUT2D eigenvalue weighted by Gasteiger charge is -1.83. The minimum Gasteiger partial charge on any atom is -0.381 e. The number of hydrogen-bond acceptors (Lipinski definition) is 5. The Morgan fingerprint density at radius 3 is 2.90 bits per heavy atom. The molecule has 0 radical (unpaired) electrons. The minimum absolute atomic E-state index is 0.466. The molecule has 0 saturated carbocycles. The third-order valence-corrected chi connectivity index (χ3v) is 1.90. The molecule has 2 rings (SSSR count). The van der Waals surface area contributed by atoms with E-state index < -0.39 is 0 Å². The van der Waals surface area contributed by atoms with Crippen LogP contribution in [0.1, 0.15) is 0 Å². The van der Waals surface area contributed by atoms with Crippen molar-refractivity contribution >= 4 is 27.7 Å². The molecule has 0 bridgehead atoms. The first-order valence-electron chi connectivity index (χ1n) is 2.70. The third kappa shape index (κ3) is 0.640. The van der Waals surface area contributed by atoms with Crippen molar-refractivity contribution in [3.63, 3.8) is 0 Å². The fourth-order valence-corrected chi connectivity index (χ4v) is 1.33. The van der Waals surface area contributed by atoms with Crippen molar-refractivity contribution in [1.29, 1.82) is 0 Å². The maximum absolute atomic E-state index is 5.47. The Kier molecular flexibility index (Phi) is 1.04. The quantitative estimate of drug-likeness (QED) is 0.602. The summed E-state index contributed by atoms with van der Waals surface area (Å²) in [5, 5.41) is 0. The summed E-state index contributed by atoms with van der Waals surface area (Å²) in [5.41, 5.74) is 6.17. The van der Waals surface area contributed by atoms with Gasteiger partial charge in [-0.25, -0.2) is 9.97 Å². The van der Waals surface area contributed by atoms with Crippen LogP contribution in [0.5, 0.6) is 0 Å². The van der Waals surface area contributed by atoms with Crippen LogP contribution in [-0.2, 0) is 0 Å². The molecule has 0 saturated heterocycles. The molecule has 0 aliphatic carbocycles. The van der Waals surface area contributed by atoms with Crippen LogP contribution >= 0.6 is 11.5 Å². The number of nitrogens with two attached hydrogens (primary N) is 1. The smallest absolute Gasteiger partial charge is 0.165 e. The lowest BCUT2D eigenvalue weighted by Crippen LogP contribution is -1.85. The number of fused-ring (bicyclic) bond motifs is 1. The Morgan fingerprint density at radius 1 is 1.30 bits per heavy atom. The van der Waals surface area contributed by atoms with E-state index in [-0.39, 0.29) is 0 Å². The van der Waals surface area contributed by atoms with Crippen LogP contribution < -0.4 is 5.73 Å². The SMILES string of the molecule is Nc1nsc2nccnc12. The summed E-state index contributed by atoms with van der Waals surface area (Å²) in [6, 6.07) is 0. The number of nitrogen functional groups attached to an aromatic ring is 1. The number of aromatic nitrogens is 3. The standard InChI is InChI=1S/C5H4N4S/c6-4-3-5(10-9-4)8-2-1-7-3/h1-2H,(H2,6,9). The highest BCUT2D eigenvalue weighted by Gasteiger charge is 2.01. The highest BCUT2D eigenvalue weighted by molar-refractivity contribution is 7.13. The summed E-state index contributed by atoms with van der Waals surface area (Å²) in [6.45, 7) is 0. The molecule has 50 valence electrons. The van der Waals surface area contributed by atoms with Crippen LogP contribution in [0.15, 0.2) is 12.4 Å². The summed E-state index contributed by atoms with van der Waals surface area (Å²) >= 11 is 1.27. The fourth-order valence-electron chi connectivity index (χ4n) is 0.703. The van der Waals surface area contributed by atoms with E-state index in [0.717, 1.165) is 4.83 Å². The van der Waals surface area contributed by atoms with E-state index in [1.54, 1.807) is 12.4 Å². The number of hydrogen-bond donors (Lipinski definition) is 1. The molecular formula is C5H4N4S. The van der Waals surface area contributed by atoms with Gasteiger partial charge in [-0.1, -0.05) is 0 Å². The van der Waals surface area contributed by atoms with Crippen molar-refractivity contribution < 1.29 is 0 Å². The highest BCUT2D eigenvalue weighted by Crippen LogP contribution is 2.18. The Hall–Kier alpha value is -1.23. The molecule has 2 aromatic heterocycles. The van der Waals surface area contributed by atoms with Gasteiger partial charge in [0.25, 0.3) is 0 Å². The van der Waals surface area contributed by atoms with Gasteiger partial charge in [-0.05, 0) is 11.5 Å². The second-order valence-corrected chi connectivity index (χ2v) is 2.53. The molecule has 4 nitrogen and oxygen atoms in total. The molecule has 0 atom stereocenters. The molecule has 0 aliphatic rings. The Labute approximate surface area is 60.9 Å². The molecule has 0 unspecified atom stereocenters. The molecular weight excluding hydrogens is 148 g/mol. The summed E-state index contributed by atoms with van der Waals surface area (Å²) in [6.07, 6.45) is 3.23. The van der Waals surface area contributed by atoms with Crippen LogP contribution in [-0.4, -0.2) is 14.3 Å². The second-order valence-electron chi connectivity index (χ2n) is 1.78. The molecule has 2 heterocycles. The van der Waals surface area contributed by atoms with Gasteiger partial charge in [-0.15, -0.1) is 0 Å². The van der Waals surface area contributed by atoms with E-state index in [0.29, 0.717) is 11.3 Å². The first-order valence-corrected chi connectivity index (χ1v) is 3.47. The first kappa shape index (κ1) is 5.55. The third-order valence-electron chi connectivity index (χ3n) is 1.14. The lowest BCUT2D eigenvalue weighted by molar-refractivity contribution is 1.31. The Bertz CT molecular complexity index is 355. The van der Waals surface area contributed by atoms with Gasteiger partial charge in [0.1, 0.15) is 5.52 Å². The average molecular weight is 152 g/mol. The second kappa shape index (κ2) is 1.88. The van der Waals surface area contributed by atoms with Crippen molar-refractivity contribution in [2.24, 2.45) is 0 Å². The molecule has 0 spiro atoms. The summed E-state index contributed by atoms with van der Waals surface area (Å²) in [5.74, 6) is 0.466. The van der Waals surface area contributed by atoms with Gasteiger partial charge in [0, 0.05) is 12.4 Å². The van der Waals surface area contributed by atoms with E-state index >= 15 is 0 Å². The largest absolute Gasteiger partial charge is 0.381 e. The average Bonchev–Trinajstić information content (AvgIpc) is 2.34. The monoisotopic (exact) mass is 152 g/mol. The van der Waals surface area contributed by atoms with Crippen LogP contribution in [0, 0.1) is 0 Å². The zero-order chi connectivity index (χ0) is 6.97. The number of rotatable bonds is 0. The van der Waals surface area contributed by atoms with Gasteiger partial charge in [0.15, 0.2) is 10.6 Å². The van der Waals surface area contributed by atoms with Crippen molar-refractivity contribution in [1.82, 2.24) is 14.3 Å². The van der Waals surface area contributed by atoms with E-state index in [1.807, 2.05) is 0 Å². The fraction of sp³-hybridized carbons (Fsp3) is 0. The van der Waals surface area contributed by atoms with Crippen LogP contribution in [0.4, 0.5) is 5.82 Å². The van der Waals surface area contributed by atoms with Crippen LogP contribution in [0.3, 0.4) is 0 Å². The predicted octanol–water partition coefficient (Wildman–Crippen LogP) is 0.668. The van der Waals surface area contributed by atoms with Crippen molar-refractivity contribution in [3.05, 3.63) is 12.4 Å². The van der Waals surface area contributed by atoms with Gasteiger partial charge in [0.05, 0.1) is 0 Å². The summed E-state index contributed by atoms with van der Waals surface area (Å²) < 4.78 is 3.89. The summed E-state index contributed by atoms with van der Waals surface area (Å²) in [7, 11) is 0. The molecule has 5 heteroatoms. The van der Waals surface area contributed by atoms with Gasteiger partial charge in [-0.2, -0.15) is 4.37 Å². The van der Waals surface area contributed by atoms with E-state index in [4.69, 9.17) is 5.73 Å². The Balaban J connectivity index is 2.93. The normalized spacial score (nSPS) is 10.4. The van der Waals surface area contributed by atoms with Gasteiger partial charge in [-0.3, -0.25) is 0 Å². The minimum atomic E-state index is 0.466. The lowest BCUT2D eigenvalue weighted by atomic mass is 10.5. The van der Waals surface area contributed by atoms with Gasteiger partial charge >= 0.3 is 0 Å². The molecule has 0 aromatic carbocycles. The zero-order valence-electron chi connectivity index (χ0n) is 4.98. The van der Waals surface area contributed by atoms with E-state index in [2.05, 4.69) is 14.3 Å². The predicted molar refractivity (Wildman–Crippen MR) is 39.6 cm³/mol. The van der Waals surface area contributed by atoms with Gasteiger partial charge in [0.2, 0.25) is 0 Å². The number of nitrogens with zero attached hydrogens (tertiary/aromatic N) is 3. The van der Waals surface area contributed by atoms with Crippen molar-refractivity contribution in [2.45, 2.75) is 0 Å². The Morgan fingerprint density at radius 2 is 2.10 bits per heavy atom. The van der Waals surface area contributed by atoms with E-state index in [1.165, 1.54) is 11.5 Å². The summed E-state index contributed by atoms with van der Waals surface area (Å²) in [4.78, 5) is 8.81. The van der Waals surface area contributed by atoms with Crippen LogP contribution in [0.2, 0.25) is 0 Å². The topological polar surface area (TPSA) is 64.7 Å². The molecule has 2 aromatic rings. The molecule has 2 N–H and O–H groups in total. The molecule has 0 amide bonds. The number of anilines is 1. The zero-order valence-corrected chi connectivity index (χ0v) is 5.80. The van der Waals surface area contributed by atoms with Gasteiger partial charge < -0.3 is 5.73 Å². The first-order chi connectivity index (χ1) is 4.88. The molecule has 0 fully saturated rings. The van der Waals surface area contributed by atoms with E-state index in [9.17, 15) is 0 Å².